The first-order chi connectivity index (χ1) is 12.0. The molecule has 0 saturated heterocycles. The number of thiazole rings is 1. The van der Waals surface area contributed by atoms with E-state index >= 15 is 0 Å². The number of pyridine rings is 1. The first-order valence-electron chi connectivity index (χ1n) is 8.06. The molecule has 132 valence electrons. The van der Waals surface area contributed by atoms with Gasteiger partial charge in [-0.3, -0.25) is 0 Å². The van der Waals surface area contributed by atoms with E-state index in [1.807, 2.05) is 31.2 Å². The van der Waals surface area contributed by atoms with Gasteiger partial charge in [-0.1, -0.05) is 22.9 Å². The summed E-state index contributed by atoms with van der Waals surface area (Å²) in [6, 6.07) is 7.90. The zero-order valence-corrected chi connectivity index (χ0v) is 16.2. The third-order valence-corrected chi connectivity index (χ3v) is 4.71. The van der Waals surface area contributed by atoms with Crippen LogP contribution in [-0.4, -0.2) is 29.7 Å². The predicted octanol–water partition coefficient (Wildman–Crippen LogP) is 5.24. The summed E-state index contributed by atoms with van der Waals surface area (Å²) in [5, 5.41) is 4.98. The standard InChI is InChI=1S/C18H20ClN3O2S/c1-5-24-15-9-14(16-17(19)25-18(22-16)20-10(2)3)21-13-8-11(23-4)6-7-12(13)15/h6-10H,5H2,1-4H3,(H,20,22). The van der Waals surface area contributed by atoms with Crippen molar-refractivity contribution in [1.82, 2.24) is 9.97 Å². The van der Waals surface area contributed by atoms with E-state index in [4.69, 9.17) is 26.1 Å². The Balaban J connectivity index is 2.13. The molecule has 0 aliphatic heterocycles. The summed E-state index contributed by atoms with van der Waals surface area (Å²) in [4.78, 5) is 9.32. The number of hydrogen-bond donors (Lipinski definition) is 1. The van der Waals surface area contributed by atoms with Gasteiger partial charge in [-0.05, 0) is 32.9 Å². The van der Waals surface area contributed by atoms with Gasteiger partial charge in [0, 0.05) is 23.6 Å². The average molecular weight is 378 g/mol. The van der Waals surface area contributed by atoms with Crippen LogP contribution < -0.4 is 14.8 Å². The molecule has 0 spiro atoms. The van der Waals surface area contributed by atoms with Crippen molar-refractivity contribution in [2.45, 2.75) is 26.8 Å². The van der Waals surface area contributed by atoms with Gasteiger partial charge in [0.2, 0.25) is 0 Å². The third-order valence-electron chi connectivity index (χ3n) is 3.52. The Labute approximate surface area is 156 Å². The fraction of sp³-hybridized carbons (Fsp3) is 0.333. The molecule has 25 heavy (non-hydrogen) atoms. The number of methoxy groups -OCH3 is 1. The molecule has 0 aliphatic rings. The van der Waals surface area contributed by atoms with Crippen LogP contribution in [0.2, 0.25) is 4.34 Å². The molecule has 0 atom stereocenters. The number of halogens is 1. The number of nitrogens with zero attached hydrogens (tertiary/aromatic N) is 2. The van der Waals surface area contributed by atoms with Crippen LogP contribution in [-0.2, 0) is 0 Å². The van der Waals surface area contributed by atoms with Gasteiger partial charge in [-0.25, -0.2) is 9.97 Å². The second-order valence-electron chi connectivity index (χ2n) is 5.76. The van der Waals surface area contributed by atoms with Crippen LogP contribution >= 0.6 is 22.9 Å². The van der Waals surface area contributed by atoms with E-state index in [9.17, 15) is 0 Å². The van der Waals surface area contributed by atoms with Crippen LogP contribution in [0, 0.1) is 0 Å². The van der Waals surface area contributed by atoms with Crippen molar-refractivity contribution in [2.24, 2.45) is 0 Å². The minimum atomic E-state index is 0.280. The molecule has 2 heterocycles. The Kier molecular flexibility index (Phi) is 5.30. The monoisotopic (exact) mass is 377 g/mol. The summed E-state index contributed by atoms with van der Waals surface area (Å²) in [6.45, 7) is 6.64. The number of nitrogens with one attached hydrogen (secondary N) is 1. The van der Waals surface area contributed by atoms with Gasteiger partial charge in [0.05, 0.1) is 24.9 Å². The lowest BCUT2D eigenvalue weighted by Crippen LogP contribution is -2.09. The molecule has 7 heteroatoms. The van der Waals surface area contributed by atoms with Gasteiger partial charge in [0.15, 0.2) is 5.13 Å². The minimum Gasteiger partial charge on any atom is -0.497 e. The smallest absolute Gasteiger partial charge is 0.184 e. The van der Waals surface area contributed by atoms with Crippen molar-refractivity contribution in [3.05, 3.63) is 28.6 Å². The van der Waals surface area contributed by atoms with Gasteiger partial charge >= 0.3 is 0 Å². The molecule has 3 rings (SSSR count). The van der Waals surface area contributed by atoms with Crippen molar-refractivity contribution >= 4 is 39.0 Å². The molecule has 0 amide bonds. The van der Waals surface area contributed by atoms with E-state index in [1.54, 1.807) is 7.11 Å². The molecule has 0 fully saturated rings. The molecule has 1 N–H and O–H groups in total. The lowest BCUT2D eigenvalue weighted by molar-refractivity contribution is 0.344. The molecular formula is C18H20ClN3O2S. The van der Waals surface area contributed by atoms with Gasteiger partial charge in [-0.15, -0.1) is 0 Å². The molecule has 5 nitrogen and oxygen atoms in total. The van der Waals surface area contributed by atoms with Crippen LogP contribution in [0.4, 0.5) is 5.13 Å². The summed E-state index contributed by atoms with van der Waals surface area (Å²) in [5.74, 6) is 1.50. The third kappa shape index (κ3) is 3.80. The minimum absolute atomic E-state index is 0.280. The Morgan fingerprint density at radius 1 is 1.24 bits per heavy atom. The van der Waals surface area contributed by atoms with Gasteiger partial charge in [0.1, 0.15) is 21.5 Å². The summed E-state index contributed by atoms with van der Waals surface area (Å²) < 4.78 is 11.7. The molecule has 0 aliphatic carbocycles. The fourth-order valence-electron chi connectivity index (χ4n) is 2.47. The largest absolute Gasteiger partial charge is 0.497 e. The number of aromatic nitrogens is 2. The SMILES string of the molecule is CCOc1cc(-c2nc(NC(C)C)sc2Cl)nc2cc(OC)ccc12. The van der Waals surface area contributed by atoms with E-state index in [0.29, 0.717) is 22.3 Å². The highest BCUT2D eigenvalue weighted by Gasteiger charge is 2.16. The highest BCUT2D eigenvalue weighted by Crippen LogP contribution is 2.38. The van der Waals surface area contributed by atoms with Crippen LogP contribution in [0.25, 0.3) is 22.3 Å². The quantitative estimate of drug-likeness (QED) is 0.636. The van der Waals surface area contributed by atoms with Gasteiger partial charge in [0.25, 0.3) is 0 Å². The molecule has 1 aromatic carbocycles. The lowest BCUT2D eigenvalue weighted by Gasteiger charge is -2.10. The van der Waals surface area contributed by atoms with Crippen LogP contribution in [0.5, 0.6) is 11.5 Å². The average Bonchev–Trinajstić information content (AvgIpc) is 2.93. The highest BCUT2D eigenvalue weighted by molar-refractivity contribution is 7.20. The maximum atomic E-state index is 6.41. The number of ether oxygens (including phenoxy) is 2. The highest BCUT2D eigenvalue weighted by atomic mass is 35.5. The molecule has 3 aromatic rings. The molecule has 2 aromatic heterocycles. The Morgan fingerprint density at radius 3 is 2.72 bits per heavy atom. The summed E-state index contributed by atoms with van der Waals surface area (Å²) in [6.07, 6.45) is 0. The van der Waals surface area contributed by atoms with Gasteiger partial charge in [-0.2, -0.15) is 0 Å². The summed E-state index contributed by atoms with van der Waals surface area (Å²) in [7, 11) is 1.63. The van der Waals surface area contributed by atoms with Crippen LogP contribution in [0.3, 0.4) is 0 Å². The Morgan fingerprint density at radius 2 is 2.04 bits per heavy atom. The van der Waals surface area contributed by atoms with Crippen LogP contribution in [0.1, 0.15) is 20.8 Å². The second-order valence-corrected chi connectivity index (χ2v) is 7.36. The van der Waals surface area contributed by atoms with Crippen molar-refractivity contribution in [2.75, 3.05) is 19.0 Å². The van der Waals surface area contributed by atoms with Crippen molar-refractivity contribution < 1.29 is 9.47 Å². The van der Waals surface area contributed by atoms with Crippen molar-refractivity contribution in [1.29, 1.82) is 0 Å². The van der Waals surface area contributed by atoms with E-state index in [1.165, 1.54) is 11.3 Å². The maximum Gasteiger partial charge on any atom is 0.184 e. The zero-order chi connectivity index (χ0) is 18.0. The molecular weight excluding hydrogens is 358 g/mol. The zero-order valence-electron chi connectivity index (χ0n) is 14.6. The number of benzene rings is 1. The number of fused-ring (bicyclic) bond motifs is 1. The van der Waals surface area contributed by atoms with E-state index in [0.717, 1.165) is 27.5 Å². The van der Waals surface area contributed by atoms with Gasteiger partial charge < -0.3 is 14.8 Å². The van der Waals surface area contributed by atoms with Crippen molar-refractivity contribution in [3.8, 4) is 22.9 Å². The second kappa shape index (κ2) is 7.45. The predicted molar refractivity (Wildman–Crippen MR) is 104 cm³/mol. The maximum absolute atomic E-state index is 6.41. The molecule has 0 bridgehead atoms. The number of anilines is 1. The van der Waals surface area contributed by atoms with E-state index < -0.39 is 0 Å². The first kappa shape index (κ1) is 17.8. The molecule has 0 saturated carbocycles. The number of rotatable bonds is 6. The summed E-state index contributed by atoms with van der Waals surface area (Å²) >= 11 is 7.82. The fourth-order valence-corrected chi connectivity index (χ4v) is 3.67. The molecule has 0 radical (unpaired) electrons. The first-order valence-corrected chi connectivity index (χ1v) is 9.26. The van der Waals surface area contributed by atoms with Crippen molar-refractivity contribution in [3.63, 3.8) is 0 Å². The topological polar surface area (TPSA) is 56.3 Å². The molecule has 0 unspecified atom stereocenters. The summed E-state index contributed by atoms with van der Waals surface area (Å²) in [5.41, 5.74) is 2.12. The van der Waals surface area contributed by atoms with E-state index in [2.05, 4.69) is 24.1 Å². The lowest BCUT2D eigenvalue weighted by atomic mass is 10.1. The Hall–Kier alpha value is -2.05. The van der Waals surface area contributed by atoms with Crippen LogP contribution in [0.15, 0.2) is 24.3 Å². The normalized spacial score (nSPS) is 11.1. The Bertz CT molecular complexity index is 895. The van der Waals surface area contributed by atoms with E-state index in [-0.39, 0.29) is 6.04 Å². The number of hydrogen-bond acceptors (Lipinski definition) is 6.